The number of furan rings is 1. The van der Waals surface area contributed by atoms with Crippen molar-refractivity contribution >= 4 is 0 Å². The first-order valence-electron chi connectivity index (χ1n) is 6.25. The summed E-state index contributed by atoms with van der Waals surface area (Å²) in [6, 6.07) is 10.8. The topological polar surface area (TPSA) is 39.2 Å². The molecule has 3 rings (SSSR count). The van der Waals surface area contributed by atoms with Gasteiger partial charge in [-0.15, -0.1) is 0 Å². The molecule has 0 aliphatic heterocycles. The smallest absolute Gasteiger partial charge is 0.125 e. The molecule has 1 aliphatic rings. The van der Waals surface area contributed by atoms with Crippen LogP contribution >= 0.6 is 0 Å². The molecule has 0 saturated heterocycles. The Kier molecular flexibility index (Phi) is 2.73. The van der Waals surface area contributed by atoms with Crippen molar-refractivity contribution in [2.45, 2.75) is 31.7 Å². The number of rotatable bonds is 3. The standard InChI is InChI=1S/C15H17NO/c16-10-15-14(8-9-17-15)13-6-4-12(5-7-13)11-2-1-3-11/h4-9,11H,1-3,10,16H2. The molecule has 88 valence electrons. The third-order valence-corrected chi connectivity index (χ3v) is 3.73. The van der Waals surface area contributed by atoms with E-state index < -0.39 is 0 Å². The summed E-state index contributed by atoms with van der Waals surface area (Å²) in [5.41, 5.74) is 9.43. The molecule has 1 fully saturated rings. The van der Waals surface area contributed by atoms with E-state index in [0.717, 1.165) is 17.2 Å². The summed E-state index contributed by atoms with van der Waals surface area (Å²) in [6.45, 7) is 0.451. The zero-order valence-corrected chi connectivity index (χ0v) is 9.86. The molecule has 0 amide bonds. The highest BCUT2D eigenvalue weighted by Crippen LogP contribution is 2.37. The van der Waals surface area contributed by atoms with Gasteiger partial charge in [0, 0.05) is 5.56 Å². The molecule has 1 saturated carbocycles. The molecular formula is C15H17NO. The highest BCUT2D eigenvalue weighted by atomic mass is 16.3. The second-order valence-corrected chi connectivity index (χ2v) is 4.71. The van der Waals surface area contributed by atoms with Crippen molar-refractivity contribution in [2.75, 3.05) is 0 Å². The van der Waals surface area contributed by atoms with Crippen molar-refractivity contribution in [3.63, 3.8) is 0 Å². The minimum Gasteiger partial charge on any atom is -0.467 e. The lowest BCUT2D eigenvalue weighted by Gasteiger charge is -2.25. The molecule has 1 heterocycles. The molecule has 2 nitrogen and oxygen atoms in total. The van der Waals surface area contributed by atoms with E-state index in [-0.39, 0.29) is 0 Å². The van der Waals surface area contributed by atoms with Crippen LogP contribution in [0.1, 0.15) is 36.5 Å². The SMILES string of the molecule is NCc1occc1-c1ccc(C2CCC2)cc1. The summed E-state index contributed by atoms with van der Waals surface area (Å²) in [6.07, 6.45) is 5.78. The molecule has 0 radical (unpaired) electrons. The van der Waals surface area contributed by atoms with Crippen LogP contribution in [0.5, 0.6) is 0 Å². The Labute approximate surface area is 101 Å². The summed E-state index contributed by atoms with van der Waals surface area (Å²) in [4.78, 5) is 0. The van der Waals surface area contributed by atoms with Crippen LogP contribution in [0, 0.1) is 0 Å². The molecule has 0 spiro atoms. The van der Waals surface area contributed by atoms with Crippen LogP contribution in [0.15, 0.2) is 41.0 Å². The van der Waals surface area contributed by atoms with Crippen molar-refractivity contribution < 1.29 is 4.42 Å². The van der Waals surface area contributed by atoms with Gasteiger partial charge in [0.1, 0.15) is 5.76 Å². The Morgan fingerprint density at radius 2 is 1.88 bits per heavy atom. The largest absolute Gasteiger partial charge is 0.467 e. The summed E-state index contributed by atoms with van der Waals surface area (Å²) in [5, 5.41) is 0. The van der Waals surface area contributed by atoms with Gasteiger partial charge in [-0.05, 0) is 36.0 Å². The van der Waals surface area contributed by atoms with Crippen LogP contribution in [0.3, 0.4) is 0 Å². The van der Waals surface area contributed by atoms with E-state index >= 15 is 0 Å². The van der Waals surface area contributed by atoms with Gasteiger partial charge in [0.25, 0.3) is 0 Å². The maximum atomic E-state index is 5.65. The number of hydrogen-bond acceptors (Lipinski definition) is 2. The average molecular weight is 227 g/mol. The minimum atomic E-state index is 0.451. The predicted molar refractivity (Wildman–Crippen MR) is 68.6 cm³/mol. The van der Waals surface area contributed by atoms with Crippen LogP contribution in [0.25, 0.3) is 11.1 Å². The van der Waals surface area contributed by atoms with Crippen LogP contribution in [0.2, 0.25) is 0 Å². The Hall–Kier alpha value is -1.54. The first-order chi connectivity index (χ1) is 8.38. The molecule has 1 aromatic heterocycles. The Balaban J connectivity index is 1.88. The molecular weight excluding hydrogens is 210 g/mol. The number of nitrogens with two attached hydrogens (primary N) is 1. The molecule has 1 aliphatic carbocycles. The summed E-state index contributed by atoms with van der Waals surface area (Å²) in [5.74, 6) is 1.66. The maximum Gasteiger partial charge on any atom is 0.125 e. The fourth-order valence-corrected chi connectivity index (χ4v) is 2.43. The van der Waals surface area contributed by atoms with Crippen LogP contribution in [-0.2, 0) is 6.54 Å². The fourth-order valence-electron chi connectivity index (χ4n) is 2.43. The Morgan fingerprint density at radius 1 is 1.12 bits per heavy atom. The van der Waals surface area contributed by atoms with Crippen LogP contribution in [0.4, 0.5) is 0 Å². The monoisotopic (exact) mass is 227 g/mol. The highest BCUT2D eigenvalue weighted by Gasteiger charge is 2.19. The van der Waals surface area contributed by atoms with Crippen molar-refractivity contribution in [3.8, 4) is 11.1 Å². The predicted octanol–water partition coefficient (Wildman–Crippen LogP) is 3.67. The van der Waals surface area contributed by atoms with E-state index in [0.29, 0.717) is 6.54 Å². The van der Waals surface area contributed by atoms with Crippen molar-refractivity contribution in [1.29, 1.82) is 0 Å². The van der Waals surface area contributed by atoms with E-state index in [4.69, 9.17) is 10.2 Å². The fraction of sp³-hybridized carbons (Fsp3) is 0.333. The summed E-state index contributed by atoms with van der Waals surface area (Å²) in [7, 11) is 0. The van der Waals surface area contributed by atoms with E-state index in [9.17, 15) is 0 Å². The highest BCUT2D eigenvalue weighted by molar-refractivity contribution is 5.65. The maximum absolute atomic E-state index is 5.65. The van der Waals surface area contributed by atoms with Gasteiger partial charge in [0.2, 0.25) is 0 Å². The first kappa shape index (κ1) is 10.6. The number of hydrogen-bond donors (Lipinski definition) is 1. The quantitative estimate of drug-likeness (QED) is 0.868. The summed E-state index contributed by atoms with van der Waals surface area (Å²) >= 11 is 0. The molecule has 2 heteroatoms. The van der Waals surface area contributed by atoms with Gasteiger partial charge in [0.15, 0.2) is 0 Å². The molecule has 17 heavy (non-hydrogen) atoms. The van der Waals surface area contributed by atoms with E-state index in [2.05, 4.69) is 24.3 Å². The van der Waals surface area contributed by atoms with Gasteiger partial charge >= 0.3 is 0 Å². The first-order valence-corrected chi connectivity index (χ1v) is 6.25. The van der Waals surface area contributed by atoms with Gasteiger partial charge < -0.3 is 10.2 Å². The molecule has 0 bridgehead atoms. The van der Waals surface area contributed by atoms with Crippen molar-refractivity contribution in [3.05, 3.63) is 47.9 Å². The lowest BCUT2D eigenvalue weighted by Crippen LogP contribution is -2.08. The van der Waals surface area contributed by atoms with Crippen molar-refractivity contribution in [2.24, 2.45) is 5.73 Å². The van der Waals surface area contributed by atoms with Gasteiger partial charge in [-0.1, -0.05) is 30.7 Å². The van der Waals surface area contributed by atoms with Gasteiger partial charge in [-0.3, -0.25) is 0 Å². The third kappa shape index (κ3) is 1.89. The van der Waals surface area contributed by atoms with E-state index in [1.807, 2.05) is 6.07 Å². The third-order valence-electron chi connectivity index (χ3n) is 3.73. The van der Waals surface area contributed by atoms with Gasteiger partial charge in [0.05, 0.1) is 12.8 Å². The van der Waals surface area contributed by atoms with E-state index in [1.165, 1.54) is 30.4 Å². The lowest BCUT2D eigenvalue weighted by atomic mass is 9.80. The second-order valence-electron chi connectivity index (χ2n) is 4.71. The second kappa shape index (κ2) is 4.38. The van der Waals surface area contributed by atoms with Gasteiger partial charge in [-0.2, -0.15) is 0 Å². The zero-order chi connectivity index (χ0) is 11.7. The molecule has 0 atom stereocenters. The van der Waals surface area contributed by atoms with Crippen LogP contribution in [-0.4, -0.2) is 0 Å². The molecule has 1 aromatic carbocycles. The Morgan fingerprint density at radius 3 is 2.47 bits per heavy atom. The van der Waals surface area contributed by atoms with Crippen LogP contribution < -0.4 is 5.73 Å². The Bertz CT molecular complexity index is 494. The zero-order valence-electron chi connectivity index (χ0n) is 9.86. The lowest BCUT2D eigenvalue weighted by molar-refractivity contribution is 0.420. The molecule has 2 aromatic rings. The minimum absolute atomic E-state index is 0.451. The molecule has 2 N–H and O–H groups in total. The van der Waals surface area contributed by atoms with E-state index in [1.54, 1.807) is 6.26 Å². The average Bonchev–Trinajstić information content (AvgIpc) is 2.76. The molecule has 0 unspecified atom stereocenters. The van der Waals surface area contributed by atoms with Crippen molar-refractivity contribution in [1.82, 2.24) is 0 Å². The normalized spacial score (nSPS) is 15.8. The summed E-state index contributed by atoms with van der Waals surface area (Å²) < 4.78 is 5.35. The van der Waals surface area contributed by atoms with Gasteiger partial charge in [-0.25, -0.2) is 0 Å². The number of benzene rings is 1.